The van der Waals surface area contributed by atoms with Crippen LogP contribution in [-0.4, -0.2) is 104 Å². The zero-order valence-corrected chi connectivity index (χ0v) is 27.9. The van der Waals surface area contributed by atoms with Crippen LogP contribution in [0.4, 0.5) is 0 Å². The van der Waals surface area contributed by atoms with Crippen LogP contribution in [0.3, 0.4) is 0 Å². The molecule has 6 N–H and O–H groups in total. The average molecular weight is 637 g/mol. The first-order valence-electron chi connectivity index (χ1n) is 17.6. The van der Waals surface area contributed by atoms with E-state index < -0.39 is 64.6 Å². The molecule has 45 heavy (non-hydrogen) atoms. The summed E-state index contributed by atoms with van der Waals surface area (Å²) in [5, 5.41) is 66.2. The minimum Gasteiger partial charge on any atom is -0.390 e. The van der Waals surface area contributed by atoms with Crippen molar-refractivity contribution < 1.29 is 49.6 Å². The van der Waals surface area contributed by atoms with Gasteiger partial charge in [-0.3, -0.25) is 0 Å². The number of aliphatic hydroxyl groups is 6. The van der Waals surface area contributed by atoms with Crippen molar-refractivity contribution in [3.05, 3.63) is 0 Å². The number of aliphatic hydroxyl groups excluding tert-OH is 5. The molecule has 5 saturated carbocycles. The summed E-state index contributed by atoms with van der Waals surface area (Å²) >= 11 is 0. The molecule has 10 nitrogen and oxygen atoms in total. The largest absolute Gasteiger partial charge is 0.390 e. The number of rotatable bonds is 3. The summed E-state index contributed by atoms with van der Waals surface area (Å²) in [5.74, 6) is -0.821. The van der Waals surface area contributed by atoms with Crippen LogP contribution in [0.5, 0.6) is 0 Å². The van der Waals surface area contributed by atoms with Gasteiger partial charge in [0.05, 0.1) is 37.1 Å². The van der Waals surface area contributed by atoms with E-state index in [9.17, 15) is 30.6 Å². The molecule has 0 amide bonds. The van der Waals surface area contributed by atoms with E-state index in [0.717, 1.165) is 44.9 Å². The van der Waals surface area contributed by atoms with Gasteiger partial charge in [0.25, 0.3) is 0 Å². The molecule has 0 aromatic carbocycles. The summed E-state index contributed by atoms with van der Waals surface area (Å²) in [6.07, 6.45) is 1.20. The van der Waals surface area contributed by atoms with E-state index >= 15 is 0 Å². The minimum absolute atomic E-state index is 0.0654. The summed E-state index contributed by atoms with van der Waals surface area (Å²) in [5.41, 5.74) is -3.01. The van der Waals surface area contributed by atoms with Gasteiger partial charge < -0.3 is 49.6 Å². The van der Waals surface area contributed by atoms with E-state index in [1.807, 2.05) is 0 Å². The molecular weight excluding hydrogens is 580 g/mol. The highest BCUT2D eigenvalue weighted by atomic mass is 16.7. The summed E-state index contributed by atoms with van der Waals surface area (Å²) in [6, 6.07) is 0. The van der Waals surface area contributed by atoms with Crippen molar-refractivity contribution >= 4 is 0 Å². The molecule has 5 aliphatic carbocycles. The average Bonchev–Trinajstić information content (AvgIpc) is 3.47. The van der Waals surface area contributed by atoms with Crippen LogP contribution >= 0.6 is 0 Å². The predicted molar refractivity (Wildman–Crippen MR) is 160 cm³/mol. The molecule has 3 unspecified atom stereocenters. The van der Waals surface area contributed by atoms with Gasteiger partial charge >= 0.3 is 0 Å². The Hall–Kier alpha value is -0.400. The second-order valence-corrected chi connectivity index (χ2v) is 18.3. The fraction of sp³-hybridized carbons (Fsp3) is 1.00. The molecule has 0 radical (unpaired) electrons. The van der Waals surface area contributed by atoms with E-state index in [2.05, 4.69) is 27.7 Å². The lowest BCUT2D eigenvalue weighted by atomic mass is 9.41. The Kier molecular flexibility index (Phi) is 6.53. The number of ether oxygens (including phenoxy) is 4. The lowest BCUT2D eigenvalue weighted by molar-refractivity contribution is -0.316. The van der Waals surface area contributed by atoms with Crippen LogP contribution in [0, 0.1) is 44.8 Å². The molecule has 2 bridgehead atoms. The Bertz CT molecular complexity index is 1240. The molecule has 8 aliphatic rings. The van der Waals surface area contributed by atoms with Crippen LogP contribution in [0.1, 0.15) is 99.3 Å². The van der Waals surface area contributed by atoms with Crippen LogP contribution in [-0.2, 0) is 18.9 Å². The SMILES string of the molecule is CC1(C)C2CCC3[C@]4(CC[C@]56CO[C@@]7(C(C)(C)O)CC[C@](C)(O7)C5[C@@H](O)[C@@H](O)[C@@]36C)C[C@]24CC[C@@H]1O[C@@H]1OC[C@@H](O)[C@H](O)[C@H]1O. The van der Waals surface area contributed by atoms with Crippen molar-refractivity contribution in [2.75, 3.05) is 13.2 Å². The van der Waals surface area contributed by atoms with E-state index in [0.29, 0.717) is 25.4 Å². The summed E-state index contributed by atoms with van der Waals surface area (Å²) in [4.78, 5) is 0. The second kappa shape index (κ2) is 9.23. The molecule has 3 saturated heterocycles. The Morgan fingerprint density at radius 3 is 2.13 bits per heavy atom. The van der Waals surface area contributed by atoms with E-state index in [4.69, 9.17) is 18.9 Å². The van der Waals surface area contributed by atoms with Crippen LogP contribution in [0.25, 0.3) is 0 Å². The third kappa shape index (κ3) is 3.56. The Morgan fingerprint density at radius 2 is 1.42 bits per heavy atom. The Morgan fingerprint density at radius 1 is 0.756 bits per heavy atom. The fourth-order valence-electron chi connectivity index (χ4n) is 13.9. The number of hydrogen-bond donors (Lipinski definition) is 6. The maximum absolute atomic E-state index is 12.2. The third-order valence-corrected chi connectivity index (χ3v) is 16.1. The highest BCUT2D eigenvalue weighted by molar-refractivity contribution is 5.34. The van der Waals surface area contributed by atoms with Crippen LogP contribution in [0.15, 0.2) is 0 Å². The Balaban J connectivity index is 1.11. The second-order valence-electron chi connectivity index (χ2n) is 18.3. The van der Waals surface area contributed by atoms with Crippen molar-refractivity contribution in [2.24, 2.45) is 44.8 Å². The first kappa shape index (κ1) is 31.8. The highest BCUT2D eigenvalue weighted by Crippen LogP contribution is 2.89. The molecule has 3 heterocycles. The molecule has 0 aromatic heterocycles. The molecular formula is C35H56O10. The van der Waals surface area contributed by atoms with Gasteiger partial charge in [0.1, 0.15) is 23.9 Å². The summed E-state index contributed by atoms with van der Waals surface area (Å²) in [6.45, 7) is 12.6. The van der Waals surface area contributed by atoms with Crippen molar-refractivity contribution in [3.8, 4) is 0 Å². The molecule has 8 fully saturated rings. The predicted octanol–water partition coefficient (Wildman–Crippen LogP) is 2.24. The van der Waals surface area contributed by atoms with E-state index in [1.54, 1.807) is 13.8 Å². The smallest absolute Gasteiger partial charge is 0.197 e. The standard InChI is InChI=1S/C35H56O10/c1-28(2)19-7-8-20-31(6)26(40)24(39)25-30(5)11-14-35(45-30,29(3,4)41)43-17-34(25,31)13-12-33(20)16-32(19,33)10-9-21(28)44-27-23(38)22(37)18(36)15-42-27/h18-27,36-41H,7-17H2,1-6H3/t18-,19?,20?,21+,22+,23-,24-,25?,26-,27+,30+,31-,32-,33+,34+,35+/m1/s1. The molecule has 0 aromatic rings. The summed E-state index contributed by atoms with van der Waals surface area (Å²) < 4.78 is 25.6. The van der Waals surface area contributed by atoms with Crippen molar-refractivity contribution in [1.29, 1.82) is 0 Å². The van der Waals surface area contributed by atoms with Gasteiger partial charge in [-0.15, -0.1) is 0 Å². The van der Waals surface area contributed by atoms with Crippen molar-refractivity contribution in [3.63, 3.8) is 0 Å². The van der Waals surface area contributed by atoms with E-state index in [1.165, 1.54) is 0 Å². The zero-order chi connectivity index (χ0) is 32.4. The molecule has 10 heteroatoms. The lowest BCUT2D eigenvalue weighted by Gasteiger charge is -2.64. The molecule has 8 rings (SSSR count). The van der Waals surface area contributed by atoms with Gasteiger partial charge in [-0.2, -0.15) is 0 Å². The Labute approximate surface area is 266 Å². The highest BCUT2D eigenvalue weighted by Gasteiger charge is 2.87. The van der Waals surface area contributed by atoms with Crippen LogP contribution in [0.2, 0.25) is 0 Å². The number of fused-ring (bicyclic) bond motifs is 4. The lowest BCUT2D eigenvalue weighted by Crippen LogP contribution is -2.63. The third-order valence-electron chi connectivity index (χ3n) is 16.1. The molecule has 3 spiro atoms. The van der Waals surface area contributed by atoms with Crippen molar-refractivity contribution in [1.82, 2.24) is 0 Å². The normalized spacial score (nSPS) is 61.3. The van der Waals surface area contributed by atoms with Gasteiger partial charge in [-0.1, -0.05) is 20.8 Å². The minimum atomic E-state index is -1.31. The molecule has 3 aliphatic heterocycles. The van der Waals surface area contributed by atoms with Gasteiger partial charge in [0.15, 0.2) is 12.1 Å². The van der Waals surface area contributed by atoms with Gasteiger partial charge in [0.2, 0.25) is 0 Å². The monoisotopic (exact) mass is 636 g/mol. The molecule has 256 valence electrons. The molecule has 16 atom stereocenters. The van der Waals surface area contributed by atoms with Crippen LogP contribution < -0.4 is 0 Å². The van der Waals surface area contributed by atoms with Gasteiger partial charge in [-0.05, 0) is 100 Å². The number of hydrogen-bond acceptors (Lipinski definition) is 10. The van der Waals surface area contributed by atoms with E-state index in [-0.39, 0.29) is 40.8 Å². The van der Waals surface area contributed by atoms with Crippen molar-refractivity contribution in [2.45, 2.75) is 159 Å². The first-order valence-corrected chi connectivity index (χ1v) is 17.6. The van der Waals surface area contributed by atoms with Gasteiger partial charge in [0, 0.05) is 23.2 Å². The first-order chi connectivity index (χ1) is 20.9. The topological polar surface area (TPSA) is 158 Å². The maximum atomic E-state index is 12.2. The summed E-state index contributed by atoms with van der Waals surface area (Å²) in [7, 11) is 0. The maximum Gasteiger partial charge on any atom is 0.197 e. The fourth-order valence-corrected chi connectivity index (χ4v) is 13.9. The van der Waals surface area contributed by atoms with Gasteiger partial charge in [-0.25, -0.2) is 0 Å². The quantitative estimate of drug-likeness (QED) is 0.254. The zero-order valence-electron chi connectivity index (χ0n) is 27.9.